The molecule has 4 rings (SSSR count). The fraction of sp³-hybridized carbons (Fsp3) is 0.565. The monoisotopic (exact) mass is 384 g/mol. The molecule has 0 unspecified atom stereocenters. The molecule has 1 aromatic carbocycles. The van der Waals surface area contributed by atoms with Gasteiger partial charge in [0.05, 0.1) is 5.71 Å². The molecule has 5 heteroatoms. The average molecular weight is 384 g/mol. The predicted octanol–water partition coefficient (Wildman–Crippen LogP) is 4.98. The van der Waals surface area contributed by atoms with E-state index in [-0.39, 0.29) is 17.3 Å². The Morgan fingerprint density at radius 1 is 1.32 bits per heavy atom. The molecule has 0 aromatic heterocycles. The molecule has 0 N–H and O–H groups in total. The third-order valence-electron chi connectivity index (χ3n) is 6.24. The lowest BCUT2D eigenvalue weighted by atomic mass is 9.84. The summed E-state index contributed by atoms with van der Waals surface area (Å²) in [5.74, 6) is 0.174. The van der Waals surface area contributed by atoms with Crippen molar-refractivity contribution < 1.29 is 13.9 Å². The maximum Gasteiger partial charge on any atom is 0.410 e. The van der Waals surface area contributed by atoms with Crippen molar-refractivity contribution in [1.29, 1.82) is 0 Å². The molecule has 3 aliphatic rings. The van der Waals surface area contributed by atoms with Crippen LogP contribution in [-0.2, 0) is 4.74 Å². The number of carbonyl (C=O) groups is 1. The second-order valence-electron chi connectivity index (χ2n) is 9.53. The zero-order chi connectivity index (χ0) is 20.1. The van der Waals surface area contributed by atoms with Gasteiger partial charge in [0.15, 0.2) is 0 Å². The van der Waals surface area contributed by atoms with E-state index in [4.69, 9.17) is 9.73 Å². The van der Waals surface area contributed by atoms with Crippen molar-refractivity contribution in [2.45, 2.75) is 52.6 Å². The van der Waals surface area contributed by atoms with Crippen molar-refractivity contribution in [2.75, 3.05) is 19.6 Å². The molecule has 2 aliphatic heterocycles. The molecular formula is C23H29FN2O2. The van der Waals surface area contributed by atoms with Gasteiger partial charge in [0.1, 0.15) is 11.4 Å². The number of benzene rings is 1. The molecule has 28 heavy (non-hydrogen) atoms. The minimum atomic E-state index is -0.510. The van der Waals surface area contributed by atoms with Crippen molar-refractivity contribution in [3.05, 3.63) is 46.8 Å². The number of hydrogen-bond acceptors (Lipinski definition) is 3. The van der Waals surface area contributed by atoms with Gasteiger partial charge in [-0.25, -0.2) is 9.18 Å². The van der Waals surface area contributed by atoms with Gasteiger partial charge in [-0.15, -0.1) is 0 Å². The Morgan fingerprint density at radius 3 is 2.71 bits per heavy atom. The Hall–Kier alpha value is -2.17. The summed E-state index contributed by atoms with van der Waals surface area (Å²) in [7, 11) is 0. The van der Waals surface area contributed by atoms with Gasteiger partial charge in [-0.3, -0.25) is 4.99 Å². The van der Waals surface area contributed by atoms with Gasteiger partial charge >= 0.3 is 6.09 Å². The Balaban J connectivity index is 1.70. The van der Waals surface area contributed by atoms with Crippen LogP contribution in [0.1, 0.15) is 52.5 Å². The van der Waals surface area contributed by atoms with Gasteiger partial charge in [-0.1, -0.05) is 12.1 Å². The summed E-state index contributed by atoms with van der Waals surface area (Å²) in [6, 6.07) is 6.64. The number of allylic oxidation sites excluding steroid dienone is 1. The summed E-state index contributed by atoms with van der Waals surface area (Å²) in [6.07, 6.45) is 2.98. The van der Waals surface area contributed by atoms with Crippen LogP contribution in [0.4, 0.5) is 9.18 Å². The number of carbonyl (C=O) groups excluding carboxylic acids is 1. The van der Waals surface area contributed by atoms with Crippen molar-refractivity contribution in [2.24, 2.45) is 16.3 Å². The predicted molar refractivity (Wildman–Crippen MR) is 108 cm³/mol. The van der Waals surface area contributed by atoms with Crippen molar-refractivity contribution >= 4 is 11.8 Å². The zero-order valence-corrected chi connectivity index (χ0v) is 17.2. The van der Waals surface area contributed by atoms with Gasteiger partial charge in [0.2, 0.25) is 0 Å². The standard InChI is InChI=1S/C23H29FN2O2/c1-15-17-10-18(12-25-20(15)16-6-5-7-19(24)11-16)23(8-9-23)14-26(13-17)21(27)28-22(2,3)4/h5-7,11,18H,8-10,12-14H2,1-4H3/t18-/m0/s1. The molecule has 150 valence electrons. The topological polar surface area (TPSA) is 41.9 Å². The number of rotatable bonds is 1. The lowest BCUT2D eigenvalue weighted by Gasteiger charge is -2.30. The van der Waals surface area contributed by atoms with Gasteiger partial charge in [-0.05, 0) is 81.6 Å². The summed E-state index contributed by atoms with van der Waals surface area (Å²) in [5, 5.41) is 0. The second-order valence-corrected chi connectivity index (χ2v) is 9.53. The Bertz CT molecular complexity index is 862. The van der Waals surface area contributed by atoms with Crippen LogP contribution in [0.5, 0.6) is 0 Å². The van der Waals surface area contributed by atoms with Crippen LogP contribution in [-0.4, -0.2) is 41.9 Å². The molecule has 2 fully saturated rings. The molecule has 2 heterocycles. The largest absolute Gasteiger partial charge is 0.444 e. The Labute approximate surface area is 166 Å². The molecule has 1 saturated heterocycles. The van der Waals surface area contributed by atoms with E-state index in [9.17, 15) is 9.18 Å². The summed E-state index contributed by atoms with van der Waals surface area (Å²) < 4.78 is 19.5. The third-order valence-corrected chi connectivity index (χ3v) is 6.24. The molecule has 1 aromatic rings. The molecular weight excluding hydrogens is 355 g/mol. The lowest BCUT2D eigenvalue weighted by Crippen LogP contribution is -2.41. The Kier molecular flexibility index (Phi) is 4.59. The number of amides is 1. The highest BCUT2D eigenvalue weighted by atomic mass is 19.1. The van der Waals surface area contributed by atoms with Crippen LogP contribution in [0.25, 0.3) is 0 Å². The highest BCUT2D eigenvalue weighted by Gasteiger charge is 2.53. The van der Waals surface area contributed by atoms with Crippen LogP contribution >= 0.6 is 0 Å². The molecule has 2 bridgehead atoms. The van der Waals surface area contributed by atoms with Crippen molar-refractivity contribution in [3.8, 4) is 0 Å². The normalized spacial score (nSPS) is 23.8. The average Bonchev–Trinajstić information content (AvgIpc) is 3.41. The molecule has 1 saturated carbocycles. The highest BCUT2D eigenvalue weighted by molar-refractivity contribution is 6.13. The smallest absolute Gasteiger partial charge is 0.410 e. The lowest BCUT2D eigenvalue weighted by molar-refractivity contribution is 0.0227. The van der Waals surface area contributed by atoms with E-state index >= 15 is 0 Å². The number of fused-ring (bicyclic) bond motifs is 3. The van der Waals surface area contributed by atoms with Crippen LogP contribution in [0.2, 0.25) is 0 Å². The SMILES string of the molecule is CC1=C2C[C@@H](CN=C1c1cccc(F)c1)C1(CC1)CN(C(=O)OC(C)(C)C)C2. The summed E-state index contributed by atoms with van der Waals surface area (Å²) >= 11 is 0. The molecule has 1 aliphatic carbocycles. The minimum Gasteiger partial charge on any atom is -0.444 e. The van der Waals surface area contributed by atoms with E-state index in [1.165, 1.54) is 11.6 Å². The molecule has 1 amide bonds. The maximum atomic E-state index is 13.8. The molecule has 1 atom stereocenters. The van der Waals surface area contributed by atoms with E-state index in [2.05, 4.69) is 6.92 Å². The minimum absolute atomic E-state index is 0.153. The number of likely N-dealkylation sites (tertiary alicyclic amines) is 1. The highest BCUT2D eigenvalue weighted by Crippen LogP contribution is 2.56. The Morgan fingerprint density at radius 2 is 2.07 bits per heavy atom. The van der Waals surface area contributed by atoms with E-state index in [1.807, 2.05) is 31.7 Å². The van der Waals surface area contributed by atoms with Crippen LogP contribution in [0.3, 0.4) is 0 Å². The molecule has 0 radical (unpaired) electrons. The first-order valence-corrected chi connectivity index (χ1v) is 10.1. The molecule has 1 spiro atoms. The van der Waals surface area contributed by atoms with Gasteiger partial charge in [0, 0.05) is 25.2 Å². The summed E-state index contributed by atoms with van der Waals surface area (Å²) in [5.41, 5.74) is 3.60. The fourth-order valence-corrected chi connectivity index (χ4v) is 4.52. The van der Waals surface area contributed by atoms with Gasteiger partial charge < -0.3 is 9.64 Å². The van der Waals surface area contributed by atoms with Crippen molar-refractivity contribution in [1.82, 2.24) is 4.90 Å². The quantitative estimate of drug-likeness (QED) is 0.685. The van der Waals surface area contributed by atoms with Gasteiger partial charge in [0.25, 0.3) is 0 Å². The van der Waals surface area contributed by atoms with E-state index < -0.39 is 5.60 Å². The number of aliphatic imine (C=N–C) groups is 1. The van der Waals surface area contributed by atoms with E-state index in [0.29, 0.717) is 12.5 Å². The number of halogens is 1. The summed E-state index contributed by atoms with van der Waals surface area (Å²) in [6.45, 7) is 9.80. The zero-order valence-electron chi connectivity index (χ0n) is 17.2. The van der Waals surface area contributed by atoms with E-state index in [1.54, 1.807) is 12.1 Å². The van der Waals surface area contributed by atoms with Crippen molar-refractivity contribution in [3.63, 3.8) is 0 Å². The first-order valence-electron chi connectivity index (χ1n) is 10.1. The maximum absolute atomic E-state index is 13.8. The van der Waals surface area contributed by atoms with E-state index in [0.717, 1.165) is 49.2 Å². The first kappa shape index (κ1) is 19.2. The number of nitrogens with zero attached hydrogens (tertiary/aromatic N) is 2. The van der Waals surface area contributed by atoms with Crippen LogP contribution in [0.15, 0.2) is 40.4 Å². The summed E-state index contributed by atoms with van der Waals surface area (Å²) in [4.78, 5) is 19.7. The molecule has 4 nitrogen and oxygen atoms in total. The fourth-order valence-electron chi connectivity index (χ4n) is 4.52. The first-order chi connectivity index (χ1) is 13.2. The third kappa shape index (κ3) is 3.71. The second kappa shape index (κ2) is 6.71. The number of hydrogen-bond donors (Lipinski definition) is 0. The van der Waals surface area contributed by atoms with Crippen LogP contribution in [0, 0.1) is 17.2 Å². The van der Waals surface area contributed by atoms with Gasteiger partial charge in [-0.2, -0.15) is 0 Å². The number of ether oxygens (including phenoxy) is 1. The van der Waals surface area contributed by atoms with Crippen LogP contribution < -0.4 is 0 Å².